The second kappa shape index (κ2) is 5.61. The largest absolute Gasteiger partial charge is 0.450 e. The zero-order valence-corrected chi connectivity index (χ0v) is 13.7. The molecule has 3 rings (SSSR count). The number of carbonyl (C=O) groups is 1. The topological polar surface area (TPSA) is 49.8 Å². The third-order valence-electron chi connectivity index (χ3n) is 4.63. The first kappa shape index (κ1) is 14.9. The summed E-state index contributed by atoms with van der Waals surface area (Å²) in [7, 11) is 0. The van der Waals surface area contributed by atoms with Crippen LogP contribution in [0.1, 0.15) is 38.2 Å². The number of hydrogen-bond donors (Lipinski definition) is 1. The van der Waals surface area contributed by atoms with E-state index in [4.69, 9.17) is 4.74 Å². The molecule has 2 heterocycles. The Balaban J connectivity index is 1.81. The smallest absolute Gasteiger partial charge is 0.410 e. The second-order valence-corrected chi connectivity index (χ2v) is 6.85. The number of amides is 1. The summed E-state index contributed by atoms with van der Waals surface area (Å²) in [5, 5.41) is 11.0. The molecule has 3 atom stereocenters. The van der Waals surface area contributed by atoms with Gasteiger partial charge >= 0.3 is 6.09 Å². The molecule has 21 heavy (non-hydrogen) atoms. The van der Waals surface area contributed by atoms with Crippen molar-refractivity contribution >= 4 is 22.0 Å². The van der Waals surface area contributed by atoms with Crippen LogP contribution >= 0.6 is 15.9 Å². The van der Waals surface area contributed by atoms with Crippen molar-refractivity contribution in [2.45, 2.75) is 50.3 Å². The van der Waals surface area contributed by atoms with Gasteiger partial charge in [0.1, 0.15) is 0 Å². The van der Waals surface area contributed by atoms with Crippen LogP contribution in [0.15, 0.2) is 28.7 Å². The Kier molecular flexibility index (Phi) is 3.97. The maximum atomic E-state index is 12.1. The molecule has 0 radical (unpaired) electrons. The zero-order chi connectivity index (χ0) is 15.0. The van der Waals surface area contributed by atoms with Crippen LogP contribution < -0.4 is 0 Å². The van der Waals surface area contributed by atoms with E-state index < -0.39 is 5.60 Å². The molecule has 0 aliphatic carbocycles. The minimum atomic E-state index is -0.838. The monoisotopic (exact) mass is 353 g/mol. The van der Waals surface area contributed by atoms with Crippen LogP contribution in [0.25, 0.3) is 0 Å². The number of piperidine rings is 1. The lowest BCUT2D eigenvalue weighted by Crippen LogP contribution is -2.52. The van der Waals surface area contributed by atoms with Gasteiger partial charge in [0, 0.05) is 29.4 Å². The average Bonchev–Trinajstić information content (AvgIpc) is 2.73. The van der Waals surface area contributed by atoms with Gasteiger partial charge in [0.2, 0.25) is 0 Å². The van der Waals surface area contributed by atoms with E-state index >= 15 is 0 Å². The van der Waals surface area contributed by atoms with E-state index in [9.17, 15) is 9.90 Å². The van der Waals surface area contributed by atoms with Gasteiger partial charge in [0.25, 0.3) is 0 Å². The molecule has 1 amide bonds. The number of aliphatic hydroxyl groups is 1. The standard InChI is InChI=1S/C16H20BrNO3/c1-2-21-15(19)18-13-7-8-14(18)10-16(20,9-13)11-3-5-12(17)6-4-11/h3-6,13-14,20H,2,7-10H2,1H3/t13-,14+,16?. The molecule has 2 fully saturated rings. The van der Waals surface area contributed by atoms with E-state index in [1.807, 2.05) is 36.1 Å². The fourth-order valence-corrected chi connectivity index (χ4v) is 3.98. The highest BCUT2D eigenvalue weighted by atomic mass is 79.9. The lowest BCUT2D eigenvalue weighted by molar-refractivity contribution is -0.0525. The van der Waals surface area contributed by atoms with Crippen LogP contribution in [-0.2, 0) is 10.3 Å². The van der Waals surface area contributed by atoms with Crippen LogP contribution in [0.4, 0.5) is 4.79 Å². The summed E-state index contributed by atoms with van der Waals surface area (Å²) < 4.78 is 6.15. The molecule has 1 aromatic carbocycles. The fraction of sp³-hybridized carbons (Fsp3) is 0.562. The quantitative estimate of drug-likeness (QED) is 0.885. The van der Waals surface area contributed by atoms with Gasteiger partial charge in [-0.2, -0.15) is 0 Å². The Labute approximate surface area is 133 Å². The van der Waals surface area contributed by atoms with Gasteiger partial charge in [-0.15, -0.1) is 0 Å². The molecule has 0 spiro atoms. The van der Waals surface area contributed by atoms with Crippen molar-refractivity contribution in [1.82, 2.24) is 4.90 Å². The first-order valence-corrected chi connectivity index (χ1v) is 8.26. The minimum absolute atomic E-state index is 0.0800. The molecule has 1 unspecified atom stereocenters. The maximum absolute atomic E-state index is 12.1. The predicted octanol–water partition coefficient (Wildman–Crippen LogP) is 3.42. The van der Waals surface area contributed by atoms with E-state index in [1.54, 1.807) is 0 Å². The van der Waals surface area contributed by atoms with Crippen LogP contribution in [0.5, 0.6) is 0 Å². The lowest BCUT2D eigenvalue weighted by atomic mass is 9.81. The molecule has 5 heteroatoms. The van der Waals surface area contributed by atoms with Crippen LogP contribution in [0.3, 0.4) is 0 Å². The molecule has 2 aliphatic heterocycles. The average molecular weight is 354 g/mol. The van der Waals surface area contributed by atoms with Crippen molar-refractivity contribution in [1.29, 1.82) is 0 Å². The highest BCUT2D eigenvalue weighted by Crippen LogP contribution is 2.46. The Hall–Kier alpha value is -1.07. The van der Waals surface area contributed by atoms with Crippen molar-refractivity contribution in [3.8, 4) is 0 Å². The lowest BCUT2D eigenvalue weighted by Gasteiger charge is -2.43. The molecule has 0 aromatic heterocycles. The van der Waals surface area contributed by atoms with Crippen LogP contribution in [-0.4, -0.2) is 34.8 Å². The van der Waals surface area contributed by atoms with Gasteiger partial charge in [0.15, 0.2) is 0 Å². The molecule has 2 bridgehead atoms. The third-order valence-corrected chi connectivity index (χ3v) is 5.16. The second-order valence-electron chi connectivity index (χ2n) is 5.94. The molecule has 2 aliphatic rings. The predicted molar refractivity (Wildman–Crippen MR) is 82.9 cm³/mol. The van der Waals surface area contributed by atoms with Crippen LogP contribution in [0.2, 0.25) is 0 Å². The number of ether oxygens (including phenoxy) is 1. The van der Waals surface area contributed by atoms with E-state index in [0.29, 0.717) is 19.4 Å². The third kappa shape index (κ3) is 2.69. The van der Waals surface area contributed by atoms with Gasteiger partial charge in [-0.1, -0.05) is 28.1 Å². The van der Waals surface area contributed by atoms with Gasteiger partial charge < -0.3 is 14.7 Å². The molecule has 114 valence electrons. The molecule has 0 saturated carbocycles. The van der Waals surface area contributed by atoms with Crippen molar-refractivity contribution in [3.05, 3.63) is 34.3 Å². The number of carbonyl (C=O) groups excluding carboxylic acids is 1. The van der Waals surface area contributed by atoms with E-state index in [2.05, 4.69) is 15.9 Å². The van der Waals surface area contributed by atoms with Crippen molar-refractivity contribution in [3.63, 3.8) is 0 Å². The summed E-state index contributed by atoms with van der Waals surface area (Å²) in [4.78, 5) is 13.9. The minimum Gasteiger partial charge on any atom is -0.450 e. The Morgan fingerprint density at radius 2 is 1.90 bits per heavy atom. The molecule has 2 saturated heterocycles. The van der Waals surface area contributed by atoms with Crippen molar-refractivity contribution < 1.29 is 14.6 Å². The molecule has 1 N–H and O–H groups in total. The van der Waals surface area contributed by atoms with Crippen molar-refractivity contribution in [2.75, 3.05) is 6.61 Å². The fourth-order valence-electron chi connectivity index (χ4n) is 3.72. The summed E-state index contributed by atoms with van der Waals surface area (Å²) in [5.74, 6) is 0. The summed E-state index contributed by atoms with van der Waals surface area (Å²) >= 11 is 3.42. The zero-order valence-electron chi connectivity index (χ0n) is 12.1. The Bertz CT molecular complexity index is 517. The van der Waals surface area contributed by atoms with Crippen LogP contribution in [0, 0.1) is 0 Å². The van der Waals surface area contributed by atoms with Crippen molar-refractivity contribution in [2.24, 2.45) is 0 Å². The number of benzene rings is 1. The number of nitrogens with zero attached hydrogens (tertiary/aromatic N) is 1. The molecular weight excluding hydrogens is 334 g/mol. The number of hydrogen-bond acceptors (Lipinski definition) is 3. The van der Waals surface area contributed by atoms with Gasteiger partial charge in [-0.25, -0.2) is 4.79 Å². The Morgan fingerprint density at radius 1 is 1.33 bits per heavy atom. The SMILES string of the molecule is CCOC(=O)N1[C@@H]2CC[C@H]1CC(O)(c1ccc(Br)cc1)C2. The summed E-state index contributed by atoms with van der Waals surface area (Å²) in [5.41, 5.74) is 0.0984. The summed E-state index contributed by atoms with van der Waals surface area (Å²) in [6, 6.07) is 7.99. The highest BCUT2D eigenvalue weighted by molar-refractivity contribution is 9.10. The summed E-state index contributed by atoms with van der Waals surface area (Å²) in [6.45, 7) is 2.22. The van der Waals surface area contributed by atoms with Gasteiger partial charge in [0.05, 0.1) is 12.2 Å². The maximum Gasteiger partial charge on any atom is 0.410 e. The number of fused-ring (bicyclic) bond motifs is 2. The van der Waals surface area contributed by atoms with E-state index in [1.165, 1.54) is 0 Å². The number of halogens is 1. The molecule has 4 nitrogen and oxygen atoms in total. The summed E-state index contributed by atoms with van der Waals surface area (Å²) in [6.07, 6.45) is 2.83. The van der Waals surface area contributed by atoms with E-state index in [-0.39, 0.29) is 18.2 Å². The van der Waals surface area contributed by atoms with E-state index in [0.717, 1.165) is 22.9 Å². The van der Waals surface area contributed by atoms with Gasteiger partial charge in [-0.3, -0.25) is 0 Å². The molecular formula is C16H20BrNO3. The molecule has 1 aromatic rings. The number of rotatable bonds is 2. The highest BCUT2D eigenvalue weighted by Gasteiger charge is 2.50. The Morgan fingerprint density at radius 3 is 2.43 bits per heavy atom. The first-order chi connectivity index (χ1) is 10.0. The van der Waals surface area contributed by atoms with Gasteiger partial charge in [-0.05, 0) is 37.5 Å². The first-order valence-electron chi connectivity index (χ1n) is 7.47. The normalized spacial score (nSPS) is 31.3.